The van der Waals surface area contributed by atoms with Crippen molar-refractivity contribution in [1.82, 2.24) is 24.1 Å². The first-order valence-electron chi connectivity index (χ1n) is 10.3. The normalized spacial score (nSPS) is 17.5. The molecule has 0 aromatic carbocycles. The summed E-state index contributed by atoms with van der Waals surface area (Å²) in [6, 6.07) is 7.73. The molecule has 0 unspecified atom stereocenters. The van der Waals surface area contributed by atoms with Gasteiger partial charge in [0.1, 0.15) is 12.0 Å². The summed E-state index contributed by atoms with van der Waals surface area (Å²) < 4.78 is 16.2. The number of pyridine rings is 2. The number of nitrogens with zero attached hydrogens (tertiary/aromatic N) is 6. The van der Waals surface area contributed by atoms with Crippen molar-refractivity contribution >= 4 is 23.1 Å². The van der Waals surface area contributed by atoms with Gasteiger partial charge in [-0.3, -0.25) is 9.20 Å². The molecule has 0 bridgehead atoms. The number of fused-ring (bicyclic) bond motifs is 1. The molecular formula is C21H23FN6O2. The van der Waals surface area contributed by atoms with Crippen LogP contribution in [0.15, 0.2) is 41.5 Å². The predicted molar refractivity (Wildman–Crippen MR) is 110 cm³/mol. The lowest BCUT2D eigenvalue weighted by atomic mass is 10.1. The van der Waals surface area contributed by atoms with E-state index < -0.39 is 6.17 Å². The molecule has 2 aliphatic rings. The number of aryl methyl sites for hydroxylation is 1. The molecule has 1 aliphatic heterocycles. The van der Waals surface area contributed by atoms with Crippen LogP contribution in [0, 0.1) is 0 Å². The number of rotatable bonds is 4. The molecule has 3 aromatic heterocycles. The molecule has 30 heavy (non-hydrogen) atoms. The Morgan fingerprint density at radius 2 is 1.93 bits per heavy atom. The van der Waals surface area contributed by atoms with Crippen molar-refractivity contribution in [2.45, 2.75) is 37.9 Å². The van der Waals surface area contributed by atoms with Crippen LogP contribution in [0.4, 0.5) is 15.9 Å². The van der Waals surface area contributed by atoms with Gasteiger partial charge in [-0.1, -0.05) is 0 Å². The zero-order valence-electron chi connectivity index (χ0n) is 16.7. The van der Waals surface area contributed by atoms with Crippen LogP contribution in [0.2, 0.25) is 0 Å². The lowest BCUT2D eigenvalue weighted by Gasteiger charge is -2.29. The largest absolute Gasteiger partial charge is 0.350 e. The molecule has 4 heterocycles. The van der Waals surface area contributed by atoms with E-state index in [0.29, 0.717) is 43.2 Å². The third-order valence-corrected chi connectivity index (χ3v) is 5.80. The number of aromatic nitrogens is 4. The number of carbonyl (C=O) groups excluding carboxylic acids is 1. The van der Waals surface area contributed by atoms with Crippen LogP contribution in [-0.4, -0.2) is 55.3 Å². The number of alkyl halides is 1. The molecule has 0 spiro atoms. The Hall–Kier alpha value is -3.23. The molecule has 1 aliphatic carbocycles. The molecular weight excluding hydrogens is 387 g/mol. The number of hydrogen-bond acceptors (Lipinski definition) is 5. The quantitative estimate of drug-likeness (QED) is 0.660. The average Bonchev–Trinajstić information content (AvgIpc) is 3.55. The van der Waals surface area contributed by atoms with Crippen LogP contribution >= 0.6 is 0 Å². The van der Waals surface area contributed by atoms with Crippen molar-refractivity contribution in [3.8, 4) is 0 Å². The molecule has 0 N–H and O–H groups in total. The number of anilines is 2. The Morgan fingerprint density at radius 3 is 2.60 bits per heavy atom. The van der Waals surface area contributed by atoms with E-state index in [1.54, 1.807) is 30.4 Å². The highest BCUT2D eigenvalue weighted by Gasteiger charge is 2.32. The first kappa shape index (κ1) is 18.8. The summed E-state index contributed by atoms with van der Waals surface area (Å²) in [7, 11) is 1.63. The highest BCUT2D eigenvalue weighted by atomic mass is 19.1. The second-order valence-corrected chi connectivity index (χ2v) is 7.99. The molecule has 9 heteroatoms. The number of hydrogen-bond donors (Lipinski definition) is 0. The second-order valence-electron chi connectivity index (χ2n) is 7.99. The summed E-state index contributed by atoms with van der Waals surface area (Å²) in [5, 5.41) is 4.27. The lowest BCUT2D eigenvalue weighted by Crippen LogP contribution is -2.39. The summed E-state index contributed by atoms with van der Waals surface area (Å²) in [5.74, 6) is 0.646. The van der Waals surface area contributed by atoms with Gasteiger partial charge in [0.05, 0.1) is 5.56 Å². The van der Waals surface area contributed by atoms with E-state index in [-0.39, 0.29) is 11.6 Å². The van der Waals surface area contributed by atoms with Gasteiger partial charge in [-0.05, 0) is 43.9 Å². The van der Waals surface area contributed by atoms with Gasteiger partial charge >= 0.3 is 5.69 Å². The van der Waals surface area contributed by atoms with Crippen molar-refractivity contribution in [2.75, 3.05) is 18.0 Å². The highest BCUT2D eigenvalue weighted by molar-refractivity contribution is 5.94. The topological polar surface area (TPSA) is 75.7 Å². The number of amides is 1. The lowest BCUT2D eigenvalue weighted by molar-refractivity contribution is 0.0666. The summed E-state index contributed by atoms with van der Waals surface area (Å²) in [4.78, 5) is 33.1. The van der Waals surface area contributed by atoms with Gasteiger partial charge < -0.3 is 9.80 Å². The summed E-state index contributed by atoms with van der Waals surface area (Å²) in [6.07, 6.45) is 5.41. The van der Waals surface area contributed by atoms with Gasteiger partial charge in [-0.2, -0.15) is 5.10 Å². The van der Waals surface area contributed by atoms with Crippen LogP contribution in [0.25, 0.3) is 5.65 Å². The van der Waals surface area contributed by atoms with Crippen LogP contribution in [0.3, 0.4) is 0 Å². The Balaban J connectivity index is 1.41. The minimum Gasteiger partial charge on any atom is -0.338 e. The van der Waals surface area contributed by atoms with Gasteiger partial charge in [0, 0.05) is 50.3 Å². The first-order chi connectivity index (χ1) is 14.5. The maximum Gasteiger partial charge on any atom is 0.350 e. The fraction of sp³-hybridized carbons (Fsp3) is 0.429. The van der Waals surface area contributed by atoms with Gasteiger partial charge in [0.2, 0.25) is 0 Å². The molecule has 156 valence electrons. The van der Waals surface area contributed by atoms with Gasteiger partial charge in [0.25, 0.3) is 5.91 Å². The van der Waals surface area contributed by atoms with E-state index in [4.69, 9.17) is 0 Å². The standard InChI is InChI=1S/C21H23FN6O2/c1-25-21(30)27-11-8-17(12-19(27)24-25)28(16-3-4-16)18-5-2-14(13-23-18)20(29)26-9-6-15(22)7-10-26/h2,5,8,11-13,15-16H,3-4,6-7,9-10H2,1H3. The Bertz CT molecular complexity index is 1140. The molecule has 3 aromatic rings. The first-order valence-corrected chi connectivity index (χ1v) is 10.3. The zero-order chi connectivity index (χ0) is 20.8. The van der Waals surface area contributed by atoms with Crippen molar-refractivity contribution < 1.29 is 9.18 Å². The molecule has 8 nitrogen and oxygen atoms in total. The Kier molecular flexibility index (Phi) is 4.52. The summed E-state index contributed by atoms with van der Waals surface area (Å²) >= 11 is 0. The van der Waals surface area contributed by atoms with E-state index in [1.165, 1.54) is 9.08 Å². The van der Waals surface area contributed by atoms with Crippen LogP contribution < -0.4 is 10.6 Å². The van der Waals surface area contributed by atoms with E-state index in [0.717, 1.165) is 24.3 Å². The minimum absolute atomic E-state index is 0.104. The number of carbonyl (C=O) groups is 1. The minimum atomic E-state index is -0.811. The molecule has 1 saturated heterocycles. The zero-order valence-corrected chi connectivity index (χ0v) is 16.7. The van der Waals surface area contributed by atoms with E-state index in [1.807, 2.05) is 18.2 Å². The molecule has 0 atom stereocenters. The van der Waals surface area contributed by atoms with Crippen molar-refractivity contribution in [3.63, 3.8) is 0 Å². The third-order valence-electron chi connectivity index (χ3n) is 5.80. The van der Waals surface area contributed by atoms with Crippen LogP contribution in [0.1, 0.15) is 36.0 Å². The predicted octanol–water partition coefficient (Wildman–Crippen LogP) is 2.30. The van der Waals surface area contributed by atoms with Crippen LogP contribution in [0.5, 0.6) is 0 Å². The molecule has 1 amide bonds. The van der Waals surface area contributed by atoms with Gasteiger partial charge in [-0.15, -0.1) is 0 Å². The monoisotopic (exact) mass is 410 g/mol. The van der Waals surface area contributed by atoms with Crippen molar-refractivity contribution in [1.29, 1.82) is 0 Å². The van der Waals surface area contributed by atoms with Gasteiger partial charge in [-0.25, -0.2) is 18.9 Å². The average molecular weight is 410 g/mol. The maximum atomic E-state index is 13.3. The molecule has 1 saturated carbocycles. The highest BCUT2D eigenvalue weighted by Crippen LogP contribution is 2.37. The van der Waals surface area contributed by atoms with Crippen molar-refractivity contribution in [2.24, 2.45) is 7.05 Å². The maximum absolute atomic E-state index is 13.3. The van der Waals surface area contributed by atoms with Gasteiger partial charge in [0.15, 0.2) is 5.65 Å². The Labute approximate surface area is 172 Å². The smallest absolute Gasteiger partial charge is 0.338 e. The van der Waals surface area contributed by atoms with E-state index >= 15 is 0 Å². The fourth-order valence-electron chi connectivity index (χ4n) is 3.97. The Morgan fingerprint density at radius 1 is 1.17 bits per heavy atom. The summed E-state index contributed by atoms with van der Waals surface area (Å²) in [6.45, 7) is 0.888. The molecule has 0 radical (unpaired) electrons. The fourth-order valence-corrected chi connectivity index (χ4v) is 3.97. The SMILES string of the molecule is Cn1nc2cc(N(c3ccc(C(=O)N4CCC(F)CC4)cn3)C3CC3)ccn2c1=O. The second kappa shape index (κ2) is 7.23. The number of halogens is 1. The summed E-state index contributed by atoms with van der Waals surface area (Å²) in [5.41, 5.74) is 1.81. The van der Waals surface area contributed by atoms with Crippen molar-refractivity contribution in [3.05, 3.63) is 52.7 Å². The molecule has 2 fully saturated rings. The number of piperidine rings is 1. The van der Waals surface area contributed by atoms with Crippen LogP contribution in [-0.2, 0) is 7.05 Å². The third kappa shape index (κ3) is 3.34. The van der Waals surface area contributed by atoms with E-state index in [2.05, 4.69) is 15.0 Å². The van der Waals surface area contributed by atoms with E-state index in [9.17, 15) is 14.0 Å². The number of likely N-dealkylation sites (tertiary alicyclic amines) is 1. The molecule has 5 rings (SSSR count).